The second kappa shape index (κ2) is 4.65. The number of hydrogen-bond donors (Lipinski definition) is 0. The van der Waals surface area contributed by atoms with E-state index in [1.54, 1.807) is 0 Å². The molecule has 0 aliphatic heterocycles. The summed E-state index contributed by atoms with van der Waals surface area (Å²) in [5.74, 6) is 0.250. The summed E-state index contributed by atoms with van der Waals surface area (Å²) in [7, 11) is 0. The van der Waals surface area contributed by atoms with Crippen LogP contribution in [0, 0.1) is 54.7 Å². The van der Waals surface area contributed by atoms with Gasteiger partial charge in [-0.2, -0.15) is 5.26 Å². The molecule has 1 fully saturated rings. The molecule has 80 valence electrons. The van der Waals surface area contributed by atoms with Crippen LogP contribution in [0.1, 0.15) is 13.8 Å². The molecule has 0 bridgehead atoms. The molecule has 1 saturated carbocycles. The van der Waals surface area contributed by atoms with Gasteiger partial charge in [-0.25, -0.2) is 29.4 Å². The molecular formula is C12H12N4. The van der Waals surface area contributed by atoms with Gasteiger partial charge in [-0.3, -0.25) is 4.85 Å². The molecule has 1 aliphatic rings. The summed E-state index contributed by atoms with van der Waals surface area (Å²) < 4.78 is 0. The summed E-state index contributed by atoms with van der Waals surface area (Å²) >= 11 is 0. The zero-order valence-corrected chi connectivity index (χ0v) is 9.25. The van der Waals surface area contributed by atoms with E-state index in [2.05, 4.69) is 14.5 Å². The summed E-state index contributed by atoms with van der Waals surface area (Å²) in [6.45, 7) is 24.9. The summed E-state index contributed by atoms with van der Waals surface area (Å²) in [5.41, 5.74) is 0. The molecule has 16 heavy (non-hydrogen) atoms. The Morgan fingerprint density at radius 3 is 1.88 bits per heavy atom. The number of nitriles is 1. The van der Waals surface area contributed by atoms with Crippen molar-refractivity contribution < 1.29 is 0 Å². The summed E-state index contributed by atoms with van der Waals surface area (Å²) in [6.07, 6.45) is -0.728. The number of rotatable bonds is 2. The molecule has 5 atom stereocenters. The monoisotopic (exact) mass is 212 g/mol. The fourth-order valence-corrected chi connectivity index (χ4v) is 2.63. The predicted molar refractivity (Wildman–Crippen MR) is 58.3 cm³/mol. The quantitative estimate of drug-likeness (QED) is 0.648. The molecule has 0 amide bonds. The predicted octanol–water partition coefficient (Wildman–Crippen LogP) is 2.48. The highest BCUT2D eigenvalue weighted by molar-refractivity contribution is 5.16. The van der Waals surface area contributed by atoms with E-state index < -0.39 is 12.2 Å². The third-order valence-corrected chi connectivity index (χ3v) is 3.73. The third-order valence-electron chi connectivity index (χ3n) is 3.73. The van der Waals surface area contributed by atoms with Gasteiger partial charge in [0.25, 0.3) is 0 Å². The van der Waals surface area contributed by atoms with E-state index in [4.69, 9.17) is 25.0 Å². The van der Waals surface area contributed by atoms with Crippen molar-refractivity contribution in [1.29, 1.82) is 5.26 Å². The maximum absolute atomic E-state index is 8.89. The SMILES string of the molecule is [C-]#[N+]C(C#N)C1C(C)C(C)C1C([N+]#[C-])[N+]#[C-]. The van der Waals surface area contributed by atoms with Gasteiger partial charge >= 0.3 is 12.2 Å². The molecule has 4 nitrogen and oxygen atoms in total. The van der Waals surface area contributed by atoms with Crippen molar-refractivity contribution in [1.82, 2.24) is 0 Å². The van der Waals surface area contributed by atoms with Gasteiger partial charge in [-0.15, -0.1) is 0 Å². The Hall–Kier alpha value is -2.04. The van der Waals surface area contributed by atoms with Crippen molar-refractivity contribution in [3.05, 3.63) is 34.3 Å². The van der Waals surface area contributed by atoms with Gasteiger partial charge in [0, 0.05) is 0 Å². The molecule has 0 aromatic rings. The normalized spacial score (nSPS) is 33.7. The Bertz CT molecular complexity index is 358. The molecule has 0 spiro atoms. The second-order valence-electron chi connectivity index (χ2n) is 4.25. The van der Waals surface area contributed by atoms with E-state index in [0.717, 1.165) is 0 Å². The van der Waals surface area contributed by atoms with E-state index >= 15 is 0 Å². The molecule has 0 N–H and O–H groups in total. The first-order valence-corrected chi connectivity index (χ1v) is 5.11. The summed E-state index contributed by atoms with van der Waals surface area (Å²) in [5, 5.41) is 8.89. The minimum absolute atomic E-state index is 0.120. The van der Waals surface area contributed by atoms with E-state index in [1.165, 1.54) is 0 Å². The highest BCUT2D eigenvalue weighted by atomic mass is 15.0. The van der Waals surface area contributed by atoms with Crippen LogP contribution in [-0.4, -0.2) is 12.2 Å². The van der Waals surface area contributed by atoms with E-state index in [1.807, 2.05) is 19.9 Å². The molecule has 0 radical (unpaired) electrons. The van der Waals surface area contributed by atoms with Gasteiger partial charge in [0.15, 0.2) is 6.07 Å². The number of nitrogens with zero attached hydrogens (tertiary/aromatic N) is 4. The smallest absolute Gasteiger partial charge is 0.297 e. The van der Waals surface area contributed by atoms with Gasteiger partial charge in [-0.1, -0.05) is 13.8 Å². The van der Waals surface area contributed by atoms with Crippen molar-refractivity contribution in [2.24, 2.45) is 23.7 Å². The van der Waals surface area contributed by atoms with Gasteiger partial charge in [0.1, 0.15) is 5.92 Å². The lowest BCUT2D eigenvalue weighted by atomic mass is 9.55. The summed E-state index contributed by atoms with van der Waals surface area (Å²) in [4.78, 5) is 9.89. The van der Waals surface area contributed by atoms with Crippen LogP contribution in [0.4, 0.5) is 0 Å². The highest BCUT2D eigenvalue weighted by Gasteiger charge is 2.60. The highest BCUT2D eigenvalue weighted by Crippen LogP contribution is 2.50. The molecular weight excluding hydrogens is 200 g/mol. The van der Waals surface area contributed by atoms with Crippen LogP contribution in [0.15, 0.2) is 0 Å². The van der Waals surface area contributed by atoms with Crippen LogP contribution in [0.3, 0.4) is 0 Å². The summed E-state index contributed by atoms with van der Waals surface area (Å²) in [6, 6.07) is 1.27. The van der Waals surface area contributed by atoms with Crippen molar-refractivity contribution in [2.45, 2.75) is 26.1 Å². The lowest BCUT2D eigenvalue weighted by Crippen LogP contribution is -2.52. The fraction of sp³-hybridized carbons (Fsp3) is 0.667. The lowest BCUT2D eigenvalue weighted by Gasteiger charge is -2.44. The Morgan fingerprint density at radius 2 is 1.50 bits per heavy atom. The topological polar surface area (TPSA) is 36.9 Å². The van der Waals surface area contributed by atoms with Gasteiger partial charge < -0.3 is 0 Å². The first kappa shape index (κ1) is 12.0. The van der Waals surface area contributed by atoms with Crippen molar-refractivity contribution in [3.8, 4) is 6.07 Å². The molecule has 0 aromatic heterocycles. The molecule has 5 unspecified atom stereocenters. The van der Waals surface area contributed by atoms with Gasteiger partial charge in [0.2, 0.25) is 0 Å². The average molecular weight is 212 g/mol. The van der Waals surface area contributed by atoms with Crippen molar-refractivity contribution in [3.63, 3.8) is 0 Å². The van der Waals surface area contributed by atoms with Crippen LogP contribution >= 0.6 is 0 Å². The lowest BCUT2D eigenvalue weighted by molar-refractivity contribution is 0.000196. The van der Waals surface area contributed by atoms with Crippen LogP contribution in [0.5, 0.6) is 0 Å². The largest absolute Gasteiger partial charge is 0.478 e. The molecule has 0 heterocycles. The molecule has 4 heteroatoms. The number of hydrogen-bond acceptors (Lipinski definition) is 1. The third kappa shape index (κ3) is 1.60. The van der Waals surface area contributed by atoms with E-state index in [-0.39, 0.29) is 23.7 Å². The Balaban J connectivity index is 2.95. The van der Waals surface area contributed by atoms with E-state index in [0.29, 0.717) is 0 Å². The van der Waals surface area contributed by atoms with Crippen molar-refractivity contribution >= 4 is 0 Å². The molecule has 0 aromatic carbocycles. The minimum atomic E-state index is -0.728. The zero-order chi connectivity index (χ0) is 12.3. The van der Waals surface area contributed by atoms with Crippen LogP contribution in [0.25, 0.3) is 14.5 Å². The van der Waals surface area contributed by atoms with Gasteiger partial charge in [-0.05, 0) is 11.8 Å². The first-order chi connectivity index (χ1) is 7.62. The molecule has 1 rings (SSSR count). The molecule has 1 aliphatic carbocycles. The Labute approximate surface area is 95.9 Å². The van der Waals surface area contributed by atoms with Crippen LogP contribution in [0.2, 0.25) is 0 Å². The Kier molecular flexibility index (Phi) is 3.50. The first-order valence-electron chi connectivity index (χ1n) is 5.11. The van der Waals surface area contributed by atoms with Crippen LogP contribution in [-0.2, 0) is 0 Å². The Morgan fingerprint density at radius 1 is 1.00 bits per heavy atom. The second-order valence-corrected chi connectivity index (χ2v) is 4.25. The fourth-order valence-electron chi connectivity index (χ4n) is 2.63. The minimum Gasteiger partial charge on any atom is -0.297 e. The average Bonchev–Trinajstić information content (AvgIpc) is 2.33. The standard InChI is InChI=1S/C12H12N4/c1-7-8(2)11(12(15-4)16-5)10(7)9(6-13)14-3/h7-12H,1-2H3. The molecule has 0 saturated heterocycles. The van der Waals surface area contributed by atoms with E-state index in [9.17, 15) is 0 Å². The van der Waals surface area contributed by atoms with Gasteiger partial charge in [0.05, 0.1) is 5.92 Å². The van der Waals surface area contributed by atoms with Crippen molar-refractivity contribution in [2.75, 3.05) is 0 Å². The zero-order valence-electron chi connectivity index (χ0n) is 9.25. The maximum atomic E-state index is 8.89. The van der Waals surface area contributed by atoms with Crippen LogP contribution < -0.4 is 0 Å². The maximum Gasteiger partial charge on any atom is 0.478 e.